The summed E-state index contributed by atoms with van der Waals surface area (Å²) < 4.78 is 6.43. The maximum absolute atomic E-state index is 13.2. The van der Waals surface area contributed by atoms with E-state index in [1.807, 2.05) is 18.7 Å². The average molecular weight is 442 g/mol. The van der Waals surface area contributed by atoms with Gasteiger partial charge in [0.05, 0.1) is 11.0 Å². The molecular formula is C19H28BrN3O4. The van der Waals surface area contributed by atoms with E-state index in [0.29, 0.717) is 11.3 Å². The van der Waals surface area contributed by atoms with E-state index in [1.54, 1.807) is 18.2 Å². The van der Waals surface area contributed by atoms with E-state index in [9.17, 15) is 9.59 Å². The van der Waals surface area contributed by atoms with Crippen LogP contribution in [0.2, 0.25) is 0 Å². The van der Waals surface area contributed by atoms with E-state index in [1.165, 1.54) is 7.05 Å². The molecule has 2 N–H and O–H groups in total. The lowest BCUT2D eigenvalue weighted by atomic mass is 10.0. The van der Waals surface area contributed by atoms with Gasteiger partial charge < -0.3 is 25.0 Å². The molecule has 1 aromatic rings. The first kappa shape index (κ1) is 21.5. The van der Waals surface area contributed by atoms with E-state index in [4.69, 9.17) is 9.84 Å². The van der Waals surface area contributed by atoms with Gasteiger partial charge in [0.25, 0.3) is 5.91 Å². The molecule has 0 aliphatic carbocycles. The van der Waals surface area contributed by atoms with Gasteiger partial charge in [-0.2, -0.15) is 0 Å². The summed E-state index contributed by atoms with van der Waals surface area (Å²) >= 11 is 3.43. The number of hydrogen-bond donors (Lipinski definition) is 2. The Morgan fingerprint density at radius 3 is 2.74 bits per heavy atom. The highest BCUT2D eigenvalue weighted by atomic mass is 79.9. The number of rotatable bonds is 7. The number of halogens is 1. The van der Waals surface area contributed by atoms with Gasteiger partial charge in [-0.05, 0) is 67.4 Å². The summed E-state index contributed by atoms with van der Waals surface area (Å²) in [5.74, 6) is 0.517. The topological polar surface area (TPSA) is 82.1 Å². The molecule has 2 amide bonds. The lowest BCUT2D eigenvalue weighted by Crippen LogP contribution is -2.51. The van der Waals surface area contributed by atoms with Crippen LogP contribution in [-0.4, -0.2) is 72.3 Å². The van der Waals surface area contributed by atoms with Crippen molar-refractivity contribution < 1.29 is 19.4 Å². The van der Waals surface area contributed by atoms with Crippen LogP contribution in [0.4, 0.5) is 4.79 Å². The minimum absolute atomic E-state index is 0.0151. The number of hydrogen-bond acceptors (Lipinski definition) is 4. The third kappa shape index (κ3) is 5.84. The van der Waals surface area contributed by atoms with E-state index >= 15 is 0 Å². The third-order valence-corrected chi connectivity index (χ3v) is 5.30. The molecule has 7 nitrogen and oxygen atoms in total. The number of carbonyl (C=O) groups excluding carboxylic acids is 1. The van der Waals surface area contributed by atoms with Crippen LogP contribution in [0.1, 0.15) is 37.0 Å². The van der Waals surface area contributed by atoms with Crippen molar-refractivity contribution in [3.8, 4) is 5.75 Å². The summed E-state index contributed by atoms with van der Waals surface area (Å²) in [6.07, 6.45) is 1.06. The minimum atomic E-state index is -1.00. The largest absolute Gasteiger partial charge is 0.491 e. The van der Waals surface area contributed by atoms with E-state index in [0.717, 1.165) is 35.3 Å². The Kier molecular flexibility index (Phi) is 7.91. The normalized spacial score (nSPS) is 16.9. The Hall–Kier alpha value is -1.80. The van der Waals surface area contributed by atoms with Crippen molar-refractivity contribution in [3.05, 3.63) is 28.2 Å². The first-order valence-corrected chi connectivity index (χ1v) is 10.0. The second kappa shape index (κ2) is 9.94. The first-order chi connectivity index (χ1) is 12.8. The molecule has 2 rings (SSSR count). The molecule has 1 fully saturated rings. The number of amides is 2. The zero-order valence-electron chi connectivity index (χ0n) is 16.1. The van der Waals surface area contributed by atoms with Gasteiger partial charge in [0.15, 0.2) is 0 Å². The molecule has 1 aromatic carbocycles. The number of piperidine rings is 1. The van der Waals surface area contributed by atoms with E-state index in [-0.39, 0.29) is 31.1 Å². The number of carbonyl (C=O) groups is 2. The molecule has 0 aromatic heterocycles. The quantitative estimate of drug-likeness (QED) is 0.679. The van der Waals surface area contributed by atoms with Gasteiger partial charge in [-0.25, -0.2) is 4.79 Å². The Bertz CT molecular complexity index is 662. The van der Waals surface area contributed by atoms with Crippen LogP contribution in [0.25, 0.3) is 0 Å². The molecule has 1 saturated heterocycles. The Morgan fingerprint density at radius 2 is 2.15 bits per heavy atom. The number of nitrogens with zero attached hydrogens (tertiary/aromatic N) is 2. The van der Waals surface area contributed by atoms with Crippen LogP contribution in [0, 0.1) is 0 Å². The summed E-state index contributed by atoms with van der Waals surface area (Å²) in [6, 6.07) is 5.58. The van der Waals surface area contributed by atoms with Gasteiger partial charge >= 0.3 is 6.09 Å². The standard InChI is InChI=1S/C19H28BrN3O4/c1-13(2)23(15-5-4-8-21-12-15)18(24)14-6-7-16(20)17(11-14)27-10-9-22(3)19(25)26/h6-7,11,13,15,21H,4-5,8-10,12H2,1-3H3,(H,25,26)/t15-/m1/s1. The smallest absolute Gasteiger partial charge is 0.407 e. The summed E-state index contributed by atoms with van der Waals surface area (Å²) in [5.41, 5.74) is 0.569. The lowest BCUT2D eigenvalue weighted by molar-refractivity contribution is 0.0573. The summed E-state index contributed by atoms with van der Waals surface area (Å²) in [5, 5.41) is 12.3. The molecule has 8 heteroatoms. The van der Waals surface area contributed by atoms with E-state index in [2.05, 4.69) is 21.2 Å². The lowest BCUT2D eigenvalue weighted by Gasteiger charge is -2.37. The monoisotopic (exact) mass is 441 g/mol. The third-order valence-electron chi connectivity index (χ3n) is 4.64. The maximum atomic E-state index is 13.2. The van der Waals surface area contributed by atoms with Crippen molar-refractivity contribution in [2.75, 3.05) is 33.3 Å². The van der Waals surface area contributed by atoms with Crippen LogP contribution in [0.5, 0.6) is 5.75 Å². The maximum Gasteiger partial charge on any atom is 0.407 e. The molecular weight excluding hydrogens is 414 g/mol. The fraction of sp³-hybridized carbons (Fsp3) is 0.579. The van der Waals surface area contributed by atoms with Crippen molar-refractivity contribution in [1.82, 2.24) is 15.1 Å². The molecule has 1 aliphatic heterocycles. The van der Waals surface area contributed by atoms with Gasteiger partial charge in [0, 0.05) is 31.2 Å². The van der Waals surface area contributed by atoms with Gasteiger partial charge in [0.1, 0.15) is 12.4 Å². The molecule has 1 atom stereocenters. The van der Waals surface area contributed by atoms with Crippen molar-refractivity contribution in [2.24, 2.45) is 0 Å². The average Bonchev–Trinajstić information content (AvgIpc) is 2.63. The molecule has 150 valence electrons. The number of carboxylic acid groups (broad SMARTS) is 1. The highest BCUT2D eigenvalue weighted by Gasteiger charge is 2.28. The van der Waals surface area contributed by atoms with Crippen molar-refractivity contribution >= 4 is 27.9 Å². The number of benzene rings is 1. The SMILES string of the molecule is CC(C)N(C(=O)c1ccc(Br)c(OCCN(C)C(=O)O)c1)[C@@H]1CCCNC1. The molecule has 1 heterocycles. The molecule has 0 radical (unpaired) electrons. The van der Waals surface area contributed by atoms with Crippen LogP contribution in [0.15, 0.2) is 22.7 Å². The number of likely N-dealkylation sites (N-methyl/N-ethyl adjacent to an activating group) is 1. The van der Waals surface area contributed by atoms with Crippen molar-refractivity contribution in [3.63, 3.8) is 0 Å². The molecule has 1 aliphatic rings. The zero-order valence-corrected chi connectivity index (χ0v) is 17.7. The summed E-state index contributed by atoms with van der Waals surface area (Å²) in [7, 11) is 1.49. The molecule has 27 heavy (non-hydrogen) atoms. The van der Waals surface area contributed by atoms with Gasteiger partial charge in [-0.1, -0.05) is 0 Å². The number of nitrogens with one attached hydrogen (secondary N) is 1. The van der Waals surface area contributed by atoms with Gasteiger partial charge in [-0.15, -0.1) is 0 Å². The second-order valence-corrected chi connectivity index (χ2v) is 7.86. The second-order valence-electron chi connectivity index (χ2n) is 7.00. The Balaban J connectivity index is 2.11. The van der Waals surface area contributed by atoms with E-state index < -0.39 is 6.09 Å². The van der Waals surface area contributed by atoms with Crippen molar-refractivity contribution in [2.45, 2.75) is 38.8 Å². The van der Waals surface area contributed by atoms with Crippen LogP contribution >= 0.6 is 15.9 Å². The Labute approximate surface area is 168 Å². The minimum Gasteiger partial charge on any atom is -0.491 e. The predicted octanol–water partition coefficient (Wildman–Crippen LogP) is 3.04. The summed E-state index contributed by atoms with van der Waals surface area (Å²) in [4.78, 5) is 27.1. The highest BCUT2D eigenvalue weighted by molar-refractivity contribution is 9.10. The zero-order chi connectivity index (χ0) is 20.0. The fourth-order valence-corrected chi connectivity index (χ4v) is 3.54. The molecule has 0 unspecified atom stereocenters. The van der Waals surface area contributed by atoms with Crippen LogP contribution in [0.3, 0.4) is 0 Å². The molecule has 0 saturated carbocycles. The predicted molar refractivity (Wildman–Crippen MR) is 107 cm³/mol. The highest BCUT2D eigenvalue weighted by Crippen LogP contribution is 2.28. The van der Waals surface area contributed by atoms with Crippen LogP contribution < -0.4 is 10.1 Å². The molecule has 0 bridgehead atoms. The summed E-state index contributed by atoms with van der Waals surface area (Å²) in [6.45, 7) is 6.32. The van der Waals surface area contributed by atoms with Crippen molar-refractivity contribution in [1.29, 1.82) is 0 Å². The Morgan fingerprint density at radius 1 is 1.41 bits per heavy atom. The van der Waals surface area contributed by atoms with Gasteiger partial charge in [0.2, 0.25) is 0 Å². The van der Waals surface area contributed by atoms with Crippen LogP contribution in [-0.2, 0) is 0 Å². The van der Waals surface area contributed by atoms with Gasteiger partial charge in [-0.3, -0.25) is 4.79 Å². The fourth-order valence-electron chi connectivity index (χ4n) is 3.18. The first-order valence-electron chi connectivity index (χ1n) is 9.21. The molecule has 0 spiro atoms. The number of ether oxygens (including phenoxy) is 1.